The first-order valence-electron chi connectivity index (χ1n) is 4.57. The van der Waals surface area contributed by atoms with E-state index in [2.05, 4.69) is 5.32 Å². The maximum Gasteiger partial charge on any atom is 0.287 e. The number of amides is 1. The van der Waals surface area contributed by atoms with Gasteiger partial charge in [0.05, 0.1) is 0 Å². The van der Waals surface area contributed by atoms with Crippen molar-refractivity contribution in [2.45, 2.75) is 45.1 Å². The molecule has 1 aliphatic carbocycles. The molecular weight excluding hydrogens is 154 g/mol. The normalized spacial score (nSPS) is 17.8. The fourth-order valence-corrected chi connectivity index (χ4v) is 1.50. The Kier molecular flexibility index (Phi) is 3.26. The van der Waals surface area contributed by atoms with Crippen LogP contribution in [0.15, 0.2) is 0 Å². The quantitative estimate of drug-likeness (QED) is 0.641. The van der Waals surface area contributed by atoms with E-state index in [9.17, 15) is 9.59 Å². The molecule has 1 aliphatic rings. The van der Waals surface area contributed by atoms with Gasteiger partial charge in [-0.05, 0) is 12.8 Å². The summed E-state index contributed by atoms with van der Waals surface area (Å²) in [5.74, 6) is -0.702. The molecule has 0 aromatic carbocycles. The van der Waals surface area contributed by atoms with E-state index < -0.39 is 5.91 Å². The summed E-state index contributed by atoms with van der Waals surface area (Å²) in [6, 6.07) is 0.257. The average Bonchev–Trinajstić information content (AvgIpc) is 2.55. The molecule has 0 spiro atoms. The highest BCUT2D eigenvalue weighted by molar-refractivity contribution is 6.36. The summed E-state index contributed by atoms with van der Waals surface area (Å²) in [4.78, 5) is 22.0. The number of carbonyl (C=O) groups excluding carboxylic acids is 2. The average molecular weight is 169 g/mol. The van der Waals surface area contributed by atoms with Crippen LogP contribution in [0, 0.1) is 0 Å². The van der Waals surface area contributed by atoms with Gasteiger partial charge in [0.2, 0.25) is 5.78 Å². The van der Waals surface area contributed by atoms with Gasteiger partial charge in [-0.1, -0.05) is 19.8 Å². The second-order valence-electron chi connectivity index (χ2n) is 3.23. The highest BCUT2D eigenvalue weighted by atomic mass is 16.2. The minimum absolute atomic E-state index is 0.257. The molecule has 3 heteroatoms. The lowest BCUT2D eigenvalue weighted by atomic mass is 10.2. The maximum atomic E-state index is 11.1. The Morgan fingerprint density at radius 1 is 1.33 bits per heavy atom. The largest absolute Gasteiger partial charge is 0.347 e. The van der Waals surface area contributed by atoms with Crippen molar-refractivity contribution < 1.29 is 9.59 Å². The highest BCUT2D eigenvalue weighted by Gasteiger charge is 2.19. The molecule has 68 valence electrons. The van der Waals surface area contributed by atoms with E-state index in [4.69, 9.17) is 0 Å². The van der Waals surface area contributed by atoms with Crippen LogP contribution in [0.4, 0.5) is 0 Å². The first-order chi connectivity index (χ1) is 5.74. The van der Waals surface area contributed by atoms with Gasteiger partial charge in [0.25, 0.3) is 5.91 Å². The molecule has 0 saturated heterocycles. The van der Waals surface area contributed by atoms with E-state index in [1.807, 2.05) is 0 Å². The van der Waals surface area contributed by atoms with Crippen LogP contribution in [-0.2, 0) is 9.59 Å². The summed E-state index contributed by atoms with van der Waals surface area (Å²) >= 11 is 0. The third-order valence-electron chi connectivity index (χ3n) is 2.26. The van der Waals surface area contributed by atoms with Gasteiger partial charge in [-0.2, -0.15) is 0 Å². The zero-order valence-electron chi connectivity index (χ0n) is 7.43. The zero-order chi connectivity index (χ0) is 8.97. The summed E-state index contributed by atoms with van der Waals surface area (Å²) in [6.07, 6.45) is 4.71. The molecule has 1 amide bonds. The van der Waals surface area contributed by atoms with E-state index in [0.717, 1.165) is 12.8 Å². The molecule has 0 aliphatic heterocycles. The highest BCUT2D eigenvalue weighted by Crippen LogP contribution is 2.17. The van der Waals surface area contributed by atoms with Crippen LogP contribution in [0.1, 0.15) is 39.0 Å². The fourth-order valence-electron chi connectivity index (χ4n) is 1.50. The van der Waals surface area contributed by atoms with Crippen LogP contribution < -0.4 is 5.32 Å². The van der Waals surface area contributed by atoms with Crippen LogP contribution in [0.5, 0.6) is 0 Å². The van der Waals surface area contributed by atoms with Gasteiger partial charge in [0, 0.05) is 12.5 Å². The van der Waals surface area contributed by atoms with E-state index in [-0.39, 0.29) is 11.8 Å². The second kappa shape index (κ2) is 4.24. The van der Waals surface area contributed by atoms with Crippen LogP contribution in [0.3, 0.4) is 0 Å². The van der Waals surface area contributed by atoms with E-state index in [0.29, 0.717) is 6.42 Å². The first kappa shape index (κ1) is 9.23. The smallest absolute Gasteiger partial charge is 0.287 e. The van der Waals surface area contributed by atoms with Gasteiger partial charge in [0.1, 0.15) is 0 Å². The van der Waals surface area contributed by atoms with Crippen molar-refractivity contribution in [1.29, 1.82) is 0 Å². The lowest BCUT2D eigenvalue weighted by molar-refractivity contribution is -0.138. The van der Waals surface area contributed by atoms with E-state index in [1.165, 1.54) is 12.8 Å². The van der Waals surface area contributed by atoms with Crippen molar-refractivity contribution >= 4 is 11.7 Å². The Hall–Kier alpha value is -0.860. The second-order valence-corrected chi connectivity index (χ2v) is 3.23. The van der Waals surface area contributed by atoms with Crippen LogP contribution in [0.25, 0.3) is 0 Å². The molecular formula is C9H15NO2. The van der Waals surface area contributed by atoms with Gasteiger partial charge in [-0.15, -0.1) is 0 Å². The van der Waals surface area contributed by atoms with Crippen LogP contribution in [-0.4, -0.2) is 17.7 Å². The number of Topliss-reactive ketones (excluding diaryl/α,β-unsaturated/α-hetero) is 1. The summed E-state index contributed by atoms with van der Waals surface area (Å²) in [5, 5.41) is 2.74. The molecule has 1 saturated carbocycles. The van der Waals surface area contributed by atoms with E-state index >= 15 is 0 Å². The van der Waals surface area contributed by atoms with Crippen molar-refractivity contribution in [3.8, 4) is 0 Å². The Bertz CT molecular complexity index is 183. The predicted octanol–water partition coefficient (Wildman–Crippen LogP) is 1.02. The molecule has 0 unspecified atom stereocenters. The molecule has 1 N–H and O–H groups in total. The topological polar surface area (TPSA) is 46.2 Å². The fraction of sp³-hybridized carbons (Fsp3) is 0.778. The Morgan fingerprint density at radius 3 is 2.42 bits per heavy atom. The number of nitrogens with one attached hydrogen (secondary N) is 1. The minimum Gasteiger partial charge on any atom is -0.347 e. The third kappa shape index (κ3) is 2.32. The maximum absolute atomic E-state index is 11.1. The Morgan fingerprint density at radius 2 is 1.92 bits per heavy atom. The van der Waals surface area contributed by atoms with Crippen LogP contribution in [0.2, 0.25) is 0 Å². The van der Waals surface area contributed by atoms with Gasteiger partial charge in [0.15, 0.2) is 0 Å². The van der Waals surface area contributed by atoms with Gasteiger partial charge in [-0.3, -0.25) is 9.59 Å². The molecule has 0 aromatic rings. The summed E-state index contributed by atoms with van der Waals surface area (Å²) in [6.45, 7) is 1.70. The monoisotopic (exact) mass is 169 g/mol. The van der Waals surface area contributed by atoms with Crippen molar-refractivity contribution in [2.75, 3.05) is 0 Å². The zero-order valence-corrected chi connectivity index (χ0v) is 7.43. The summed E-state index contributed by atoms with van der Waals surface area (Å²) < 4.78 is 0. The summed E-state index contributed by atoms with van der Waals surface area (Å²) in [5.41, 5.74) is 0. The standard InChI is InChI=1S/C9H15NO2/c1-2-8(11)9(12)10-7-5-3-4-6-7/h7H,2-6H2,1H3,(H,10,12). The summed E-state index contributed by atoms with van der Waals surface area (Å²) in [7, 11) is 0. The number of carbonyl (C=O) groups is 2. The van der Waals surface area contributed by atoms with E-state index in [1.54, 1.807) is 6.92 Å². The van der Waals surface area contributed by atoms with Gasteiger partial charge < -0.3 is 5.32 Å². The molecule has 1 rings (SSSR count). The van der Waals surface area contributed by atoms with Crippen molar-refractivity contribution in [1.82, 2.24) is 5.32 Å². The van der Waals surface area contributed by atoms with Gasteiger partial charge in [-0.25, -0.2) is 0 Å². The third-order valence-corrected chi connectivity index (χ3v) is 2.26. The van der Waals surface area contributed by atoms with Crippen molar-refractivity contribution in [3.05, 3.63) is 0 Å². The molecule has 1 fully saturated rings. The number of ketones is 1. The molecule has 0 atom stereocenters. The number of rotatable bonds is 3. The van der Waals surface area contributed by atoms with Crippen molar-refractivity contribution in [2.24, 2.45) is 0 Å². The number of hydrogen-bond acceptors (Lipinski definition) is 2. The predicted molar refractivity (Wildman–Crippen MR) is 45.7 cm³/mol. The minimum atomic E-state index is -0.399. The lowest BCUT2D eigenvalue weighted by Crippen LogP contribution is -2.37. The molecule has 12 heavy (non-hydrogen) atoms. The Balaban J connectivity index is 2.29. The first-order valence-corrected chi connectivity index (χ1v) is 4.57. The van der Waals surface area contributed by atoms with Crippen LogP contribution >= 0.6 is 0 Å². The SMILES string of the molecule is CCC(=O)C(=O)NC1CCCC1. The molecule has 3 nitrogen and oxygen atoms in total. The Labute approximate surface area is 72.5 Å². The molecule has 0 aromatic heterocycles. The van der Waals surface area contributed by atoms with Gasteiger partial charge >= 0.3 is 0 Å². The lowest BCUT2D eigenvalue weighted by Gasteiger charge is -2.09. The number of hydrogen-bond donors (Lipinski definition) is 1. The molecule has 0 radical (unpaired) electrons. The van der Waals surface area contributed by atoms with Crippen molar-refractivity contribution in [3.63, 3.8) is 0 Å². The molecule has 0 bridgehead atoms. The molecule has 0 heterocycles.